The molecule has 0 bridgehead atoms. The highest BCUT2D eigenvalue weighted by Gasteiger charge is 2.05. The number of aliphatic hydroxyl groups is 1. The molecule has 0 fully saturated rings. The van der Waals surface area contributed by atoms with Crippen molar-refractivity contribution < 1.29 is 9.84 Å². The Balaban J connectivity index is 1.67. The van der Waals surface area contributed by atoms with Gasteiger partial charge in [-0.1, -0.05) is 18.2 Å². The first kappa shape index (κ1) is 15.5. The molecule has 0 aliphatic carbocycles. The maximum Gasteiger partial charge on any atom is 0.119 e. The second kappa shape index (κ2) is 7.76. The van der Waals surface area contributed by atoms with Gasteiger partial charge in [0, 0.05) is 19.3 Å². The average Bonchev–Trinajstić information content (AvgIpc) is 2.47. The monoisotopic (exact) mass is 286 g/mol. The molecule has 1 aromatic carbocycles. The number of ether oxygens (including phenoxy) is 1. The minimum absolute atomic E-state index is 0.276. The van der Waals surface area contributed by atoms with Crippen LogP contribution >= 0.6 is 0 Å². The molecule has 1 atom stereocenters. The third kappa shape index (κ3) is 5.53. The van der Waals surface area contributed by atoms with Gasteiger partial charge in [-0.15, -0.1) is 0 Å². The van der Waals surface area contributed by atoms with E-state index < -0.39 is 6.10 Å². The van der Waals surface area contributed by atoms with E-state index in [0.717, 1.165) is 22.6 Å². The summed E-state index contributed by atoms with van der Waals surface area (Å²) in [6.07, 6.45) is 1.30. The van der Waals surface area contributed by atoms with E-state index in [0.29, 0.717) is 13.1 Å². The molecule has 0 spiro atoms. The summed E-state index contributed by atoms with van der Waals surface area (Å²) in [6.45, 7) is 5.41. The summed E-state index contributed by atoms with van der Waals surface area (Å²) in [4.78, 5) is 4.30. The van der Waals surface area contributed by atoms with Crippen molar-refractivity contribution >= 4 is 0 Å². The van der Waals surface area contributed by atoms with E-state index in [1.165, 1.54) is 0 Å². The first-order valence-electron chi connectivity index (χ1n) is 7.13. The number of rotatable bonds is 7. The zero-order valence-electron chi connectivity index (χ0n) is 12.5. The molecule has 2 rings (SSSR count). The van der Waals surface area contributed by atoms with Gasteiger partial charge in [0.15, 0.2) is 0 Å². The molecule has 0 saturated heterocycles. The van der Waals surface area contributed by atoms with Crippen LogP contribution in [0.15, 0.2) is 42.6 Å². The fourth-order valence-corrected chi connectivity index (χ4v) is 1.93. The van der Waals surface area contributed by atoms with Crippen LogP contribution in [-0.4, -0.2) is 29.3 Å². The molecule has 4 heteroatoms. The minimum atomic E-state index is -0.545. The van der Waals surface area contributed by atoms with Crippen LogP contribution in [-0.2, 0) is 6.54 Å². The largest absolute Gasteiger partial charge is 0.491 e. The lowest BCUT2D eigenvalue weighted by Gasteiger charge is -2.13. The molecule has 21 heavy (non-hydrogen) atoms. The first-order valence-corrected chi connectivity index (χ1v) is 7.13. The molecule has 0 saturated carbocycles. The van der Waals surface area contributed by atoms with E-state index in [-0.39, 0.29) is 6.61 Å². The van der Waals surface area contributed by atoms with Gasteiger partial charge in [-0.05, 0) is 43.2 Å². The molecule has 0 radical (unpaired) electrons. The van der Waals surface area contributed by atoms with Crippen molar-refractivity contribution in [1.82, 2.24) is 10.3 Å². The second-order valence-corrected chi connectivity index (χ2v) is 5.24. The lowest BCUT2D eigenvalue weighted by molar-refractivity contribution is 0.106. The van der Waals surface area contributed by atoms with Crippen LogP contribution < -0.4 is 10.1 Å². The van der Waals surface area contributed by atoms with Crippen LogP contribution in [0, 0.1) is 13.8 Å². The third-order valence-corrected chi connectivity index (χ3v) is 3.09. The summed E-state index contributed by atoms with van der Waals surface area (Å²) < 4.78 is 5.56. The van der Waals surface area contributed by atoms with Crippen molar-refractivity contribution in [2.24, 2.45) is 0 Å². The molecule has 112 valence electrons. The minimum Gasteiger partial charge on any atom is -0.491 e. The Kier molecular flexibility index (Phi) is 5.72. The fourth-order valence-electron chi connectivity index (χ4n) is 1.93. The normalized spacial score (nSPS) is 12.1. The van der Waals surface area contributed by atoms with E-state index in [1.807, 2.05) is 56.4 Å². The number of benzene rings is 1. The number of hydrogen-bond donors (Lipinski definition) is 2. The molecule has 0 aliphatic heterocycles. The predicted molar refractivity (Wildman–Crippen MR) is 83.4 cm³/mol. The Morgan fingerprint density at radius 3 is 2.76 bits per heavy atom. The summed E-state index contributed by atoms with van der Waals surface area (Å²) in [5.74, 6) is 0.786. The molecular weight excluding hydrogens is 264 g/mol. The summed E-state index contributed by atoms with van der Waals surface area (Å²) in [5.41, 5.74) is 3.25. The van der Waals surface area contributed by atoms with Gasteiger partial charge in [0.25, 0.3) is 0 Å². The summed E-state index contributed by atoms with van der Waals surface area (Å²) in [7, 11) is 0. The standard InChI is InChI=1S/C17H22N2O2/c1-13-4-3-5-17(8-13)21-12-16(20)11-18-10-15-7-6-14(2)9-19-15/h3-9,16,18,20H,10-12H2,1-2H3. The van der Waals surface area contributed by atoms with Gasteiger partial charge in [0.05, 0.1) is 5.69 Å². The Labute approximate surface area is 125 Å². The SMILES string of the molecule is Cc1ccc(CNCC(O)COc2cccc(C)c2)nc1. The van der Waals surface area contributed by atoms with Crippen LogP contribution in [0.5, 0.6) is 5.75 Å². The van der Waals surface area contributed by atoms with Gasteiger partial charge in [-0.25, -0.2) is 0 Å². The average molecular weight is 286 g/mol. The molecule has 1 unspecified atom stereocenters. The van der Waals surface area contributed by atoms with Crippen LogP contribution in [0.1, 0.15) is 16.8 Å². The molecule has 0 aliphatic rings. The molecule has 1 heterocycles. The van der Waals surface area contributed by atoms with E-state index in [4.69, 9.17) is 4.74 Å². The van der Waals surface area contributed by atoms with Crippen LogP contribution in [0.4, 0.5) is 0 Å². The lowest BCUT2D eigenvalue weighted by atomic mass is 10.2. The number of hydrogen-bond acceptors (Lipinski definition) is 4. The zero-order valence-corrected chi connectivity index (χ0v) is 12.5. The molecule has 2 N–H and O–H groups in total. The topological polar surface area (TPSA) is 54.4 Å². The van der Waals surface area contributed by atoms with Crippen LogP contribution in [0.3, 0.4) is 0 Å². The predicted octanol–water partition coefficient (Wildman–Crippen LogP) is 2.23. The molecule has 2 aromatic rings. The van der Waals surface area contributed by atoms with Crippen LogP contribution in [0.2, 0.25) is 0 Å². The van der Waals surface area contributed by atoms with Crippen molar-refractivity contribution in [3.63, 3.8) is 0 Å². The van der Waals surface area contributed by atoms with E-state index in [2.05, 4.69) is 10.3 Å². The summed E-state index contributed by atoms with van der Waals surface area (Å²) in [6, 6.07) is 11.8. The van der Waals surface area contributed by atoms with Gasteiger partial charge < -0.3 is 15.2 Å². The Morgan fingerprint density at radius 1 is 1.19 bits per heavy atom. The number of aryl methyl sites for hydroxylation is 2. The fraction of sp³-hybridized carbons (Fsp3) is 0.353. The van der Waals surface area contributed by atoms with Crippen molar-refractivity contribution in [3.8, 4) is 5.75 Å². The number of pyridine rings is 1. The smallest absolute Gasteiger partial charge is 0.119 e. The Morgan fingerprint density at radius 2 is 2.05 bits per heavy atom. The zero-order chi connectivity index (χ0) is 15.1. The molecule has 4 nitrogen and oxygen atoms in total. The molecule has 0 amide bonds. The molecular formula is C17H22N2O2. The van der Waals surface area contributed by atoms with Crippen molar-refractivity contribution in [2.75, 3.05) is 13.2 Å². The third-order valence-electron chi connectivity index (χ3n) is 3.09. The molecule has 1 aromatic heterocycles. The van der Waals surface area contributed by atoms with Crippen LogP contribution in [0.25, 0.3) is 0 Å². The second-order valence-electron chi connectivity index (χ2n) is 5.24. The highest BCUT2D eigenvalue weighted by molar-refractivity contribution is 5.27. The van der Waals surface area contributed by atoms with Gasteiger partial charge in [0.2, 0.25) is 0 Å². The Hall–Kier alpha value is -1.91. The van der Waals surface area contributed by atoms with Gasteiger partial charge in [-0.2, -0.15) is 0 Å². The summed E-state index contributed by atoms with van der Waals surface area (Å²) in [5, 5.41) is 13.1. The number of nitrogens with one attached hydrogen (secondary N) is 1. The quantitative estimate of drug-likeness (QED) is 0.819. The van der Waals surface area contributed by atoms with Crippen molar-refractivity contribution in [1.29, 1.82) is 0 Å². The summed E-state index contributed by atoms with van der Waals surface area (Å²) >= 11 is 0. The van der Waals surface area contributed by atoms with Gasteiger partial charge in [-0.3, -0.25) is 4.98 Å². The first-order chi connectivity index (χ1) is 10.1. The van der Waals surface area contributed by atoms with Gasteiger partial charge >= 0.3 is 0 Å². The van der Waals surface area contributed by atoms with Gasteiger partial charge in [0.1, 0.15) is 18.5 Å². The highest BCUT2D eigenvalue weighted by atomic mass is 16.5. The van der Waals surface area contributed by atoms with Crippen molar-refractivity contribution in [2.45, 2.75) is 26.5 Å². The Bertz CT molecular complexity index is 555. The maximum atomic E-state index is 9.89. The number of aromatic nitrogens is 1. The van der Waals surface area contributed by atoms with Crippen molar-refractivity contribution in [3.05, 3.63) is 59.4 Å². The van der Waals surface area contributed by atoms with E-state index in [1.54, 1.807) is 0 Å². The number of aliphatic hydroxyl groups excluding tert-OH is 1. The maximum absolute atomic E-state index is 9.89. The highest BCUT2D eigenvalue weighted by Crippen LogP contribution is 2.12. The van der Waals surface area contributed by atoms with E-state index in [9.17, 15) is 5.11 Å². The van der Waals surface area contributed by atoms with E-state index >= 15 is 0 Å². The number of nitrogens with zero attached hydrogens (tertiary/aromatic N) is 1. The lowest BCUT2D eigenvalue weighted by Crippen LogP contribution is -2.31.